The minimum atomic E-state index is -0.416. The molecule has 3 aromatic rings. The van der Waals surface area contributed by atoms with Gasteiger partial charge in [-0.05, 0) is 43.7 Å². The molecular formula is C24H27ClN4O. The Morgan fingerprint density at radius 2 is 1.83 bits per heavy atom. The van der Waals surface area contributed by atoms with Crippen molar-refractivity contribution in [3.8, 4) is 0 Å². The molecule has 1 aromatic heterocycles. The highest BCUT2D eigenvalue weighted by Crippen LogP contribution is 2.35. The van der Waals surface area contributed by atoms with Crippen molar-refractivity contribution < 1.29 is 4.79 Å². The Kier molecular flexibility index (Phi) is 5.82. The van der Waals surface area contributed by atoms with Gasteiger partial charge in [0.1, 0.15) is 5.82 Å². The third-order valence-electron chi connectivity index (χ3n) is 6.07. The van der Waals surface area contributed by atoms with E-state index >= 15 is 0 Å². The molecule has 0 N–H and O–H groups in total. The number of carbonyl (C=O) groups is 1. The van der Waals surface area contributed by atoms with E-state index in [1.54, 1.807) is 6.20 Å². The number of aromatic nitrogens is 2. The fourth-order valence-corrected chi connectivity index (χ4v) is 4.44. The lowest BCUT2D eigenvalue weighted by Crippen LogP contribution is -2.60. The Hall–Kier alpha value is -2.79. The molecule has 2 aromatic carbocycles. The molecule has 1 amide bonds. The molecule has 4 rings (SSSR count). The van der Waals surface area contributed by atoms with Crippen LogP contribution in [0.3, 0.4) is 0 Å². The van der Waals surface area contributed by atoms with Crippen molar-refractivity contribution in [3.05, 3.63) is 83.4 Å². The predicted molar refractivity (Wildman–Crippen MR) is 121 cm³/mol. The number of hydrogen-bond donors (Lipinski definition) is 0. The molecule has 156 valence electrons. The topological polar surface area (TPSA) is 41.4 Å². The quantitative estimate of drug-likeness (QED) is 0.607. The van der Waals surface area contributed by atoms with Gasteiger partial charge in [-0.3, -0.25) is 4.79 Å². The first-order valence-electron chi connectivity index (χ1n) is 10.3. The van der Waals surface area contributed by atoms with Gasteiger partial charge in [0, 0.05) is 55.7 Å². The van der Waals surface area contributed by atoms with Crippen LogP contribution in [-0.2, 0) is 16.9 Å². The number of anilines is 1. The lowest BCUT2D eigenvalue weighted by atomic mass is 9.86. The summed E-state index contributed by atoms with van der Waals surface area (Å²) in [4.78, 5) is 22.0. The van der Waals surface area contributed by atoms with Gasteiger partial charge in [0.15, 0.2) is 0 Å². The molecule has 30 heavy (non-hydrogen) atoms. The van der Waals surface area contributed by atoms with Crippen molar-refractivity contribution in [3.63, 3.8) is 0 Å². The van der Waals surface area contributed by atoms with Crippen LogP contribution in [0, 0.1) is 6.92 Å². The first kappa shape index (κ1) is 20.5. The van der Waals surface area contributed by atoms with Gasteiger partial charge in [-0.2, -0.15) is 0 Å². The van der Waals surface area contributed by atoms with Gasteiger partial charge >= 0.3 is 0 Å². The normalized spacial score (nSPS) is 19.2. The third-order valence-corrected chi connectivity index (χ3v) is 6.32. The lowest BCUT2D eigenvalue weighted by Gasteiger charge is -2.50. The van der Waals surface area contributed by atoms with Crippen molar-refractivity contribution in [2.75, 3.05) is 24.5 Å². The molecule has 1 fully saturated rings. The van der Waals surface area contributed by atoms with Gasteiger partial charge in [-0.25, -0.2) is 4.98 Å². The van der Waals surface area contributed by atoms with E-state index in [4.69, 9.17) is 11.6 Å². The molecule has 5 nitrogen and oxygen atoms in total. The number of hydrogen-bond acceptors (Lipinski definition) is 3. The van der Waals surface area contributed by atoms with Crippen LogP contribution in [0.5, 0.6) is 0 Å². The fourth-order valence-electron chi connectivity index (χ4n) is 4.31. The van der Waals surface area contributed by atoms with Gasteiger partial charge < -0.3 is 14.4 Å². The number of piperazine rings is 1. The minimum absolute atomic E-state index is 0.171. The molecule has 1 aliphatic rings. The summed E-state index contributed by atoms with van der Waals surface area (Å²) >= 11 is 6.08. The molecule has 0 radical (unpaired) electrons. The summed E-state index contributed by atoms with van der Waals surface area (Å²) in [5, 5.41) is 0.730. The first-order chi connectivity index (χ1) is 14.5. The maximum Gasteiger partial charge on any atom is 0.225 e. The Balaban J connectivity index is 1.58. The number of imidazole rings is 1. The van der Waals surface area contributed by atoms with Crippen LogP contribution in [0.25, 0.3) is 0 Å². The van der Waals surface area contributed by atoms with Gasteiger partial charge in [0.05, 0.1) is 5.54 Å². The van der Waals surface area contributed by atoms with Crippen LogP contribution in [0.1, 0.15) is 24.7 Å². The molecule has 1 saturated heterocycles. The molecule has 2 heterocycles. The minimum Gasteiger partial charge on any atom is -0.367 e. The number of nitrogens with zero attached hydrogens (tertiary/aromatic N) is 4. The van der Waals surface area contributed by atoms with Crippen molar-refractivity contribution in [2.24, 2.45) is 0 Å². The number of amides is 1. The van der Waals surface area contributed by atoms with Gasteiger partial charge in [-0.1, -0.05) is 41.9 Å². The van der Waals surface area contributed by atoms with Crippen LogP contribution in [0.4, 0.5) is 5.69 Å². The summed E-state index contributed by atoms with van der Waals surface area (Å²) in [6.45, 7) is 6.98. The van der Waals surface area contributed by atoms with Gasteiger partial charge in [-0.15, -0.1) is 0 Å². The first-order valence-corrected chi connectivity index (χ1v) is 10.7. The number of benzene rings is 2. The summed E-state index contributed by atoms with van der Waals surface area (Å²) in [5.41, 5.74) is 1.86. The van der Waals surface area contributed by atoms with E-state index in [1.165, 1.54) is 0 Å². The van der Waals surface area contributed by atoms with E-state index in [1.807, 2.05) is 60.2 Å². The fraction of sp³-hybridized carbons (Fsp3) is 0.333. The zero-order valence-corrected chi connectivity index (χ0v) is 18.2. The molecule has 1 unspecified atom stereocenters. The highest BCUT2D eigenvalue weighted by molar-refractivity contribution is 6.30. The second-order valence-corrected chi connectivity index (χ2v) is 8.44. The van der Waals surface area contributed by atoms with Crippen LogP contribution in [0.15, 0.2) is 67.0 Å². The molecule has 0 bridgehead atoms. The zero-order chi connectivity index (χ0) is 21.1. The standard InChI is InChI=1S/C24H27ClN4O/c1-19-26-13-15-27(19)14-12-23(30)29-17-16-28(22-10-8-21(25)9-11-22)18-24(29,2)20-6-4-3-5-7-20/h3-11,13,15H,12,14,16-18H2,1-2H3. The third kappa shape index (κ3) is 4.08. The molecule has 1 atom stereocenters. The average Bonchev–Trinajstić information content (AvgIpc) is 3.18. The van der Waals surface area contributed by atoms with Gasteiger partial charge in [0.25, 0.3) is 0 Å². The van der Waals surface area contributed by atoms with Crippen LogP contribution in [0.2, 0.25) is 5.02 Å². The molecule has 1 aliphatic heterocycles. The average molecular weight is 423 g/mol. The molecule has 0 spiro atoms. The Morgan fingerprint density at radius 1 is 1.10 bits per heavy atom. The Bertz CT molecular complexity index is 1000. The van der Waals surface area contributed by atoms with Crippen LogP contribution in [-0.4, -0.2) is 40.0 Å². The number of aryl methyl sites for hydroxylation is 2. The van der Waals surface area contributed by atoms with E-state index in [2.05, 4.69) is 33.8 Å². The lowest BCUT2D eigenvalue weighted by molar-refractivity contribution is -0.138. The van der Waals surface area contributed by atoms with Crippen molar-refractivity contribution in [2.45, 2.75) is 32.4 Å². The van der Waals surface area contributed by atoms with E-state index < -0.39 is 5.54 Å². The Labute approximate surface area is 182 Å². The van der Waals surface area contributed by atoms with Crippen molar-refractivity contribution in [1.29, 1.82) is 0 Å². The van der Waals surface area contributed by atoms with Crippen LogP contribution < -0.4 is 4.90 Å². The van der Waals surface area contributed by atoms with E-state index in [0.29, 0.717) is 19.5 Å². The SMILES string of the molecule is Cc1nccn1CCC(=O)N1CCN(c2ccc(Cl)cc2)CC1(C)c1ccccc1. The van der Waals surface area contributed by atoms with E-state index in [0.717, 1.165) is 35.2 Å². The largest absolute Gasteiger partial charge is 0.367 e. The second-order valence-electron chi connectivity index (χ2n) is 8.00. The second kappa shape index (κ2) is 8.52. The maximum absolute atomic E-state index is 13.3. The monoisotopic (exact) mass is 422 g/mol. The van der Waals surface area contributed by atoms with Crippen molar-refractivity contribution >= 4 is 23.2 Å². The maximum atomic E-state index is 13.3. The predicted octanol–water partition coefficient (Wildman–Crippen LogP) is 4.50. The number of carbonyl (C=O) groups excluding carboxylic acids is 1. The summed E-state index contributed by atoms with van der Waals surface area (Å²) in [5.74, 6) is 1.10. The summed E-state index contributed by atoms with van der Waals surface area (Å²) in [7, 11) is 0. The van der Waals surface area contributed by atoms with Crippen molar-refractivity contribution in [1.82, 2.24) is 14.5 Å². The van der Waals surface area contributed by atoms with Gasteiger partial charge in [0.2, 0.25) is 5.91 Å². The zero-order valence-electron chi connectivity index (χ0n) is 17.5. The summed E-state index contributed by atoms with van der Waals surface area (Å²) < 4.78 is 2.03. The summed E-state index contributed by atoms with van der Waals surface area (Å²) in [6.07, 6.45) is 4.16. The van der Waals surface area contributed by atoms with E-state index in [-0.39, 0.29) is 5.91 Å². The highest BCUT2D eigenvalue weighted by atomic mass is 35.5. The summed E-state index contributed by atoms with van der Waals surface area (Å²) in [6, 6.07) is 18.3. The number of rotatable bonds is 5. The smallest absolute Gasteiger partial charge is 0.225 e. The molecule has 6 heteroatoms. The highest BCUT2D eigenvalue weighted by Gasteiger charge is 2.41. The molecule has 0 saturated carbocycles. The van der Waals surface area contributed by atoms with Crippen LogP contribution >= 0.6 is 11.6 Å². The molecule has 0 aliphatic carbocycles. The Morgan fingerprint density at radius 3 is 2.50 bits per heavy atom. The number of halogens is 1. The van der Waals surface area contributed by atoms with E-state index in [9.17, 15) is 4.79 Å². The molecular weight excluding hydrogens is 396 g/mol.